The van der Waals surface area contributed by atoms with E-state index in [0.717, 1.165) is 24.3 Å². The first-order valence-electron chi connectivity index (χ1n) is 5.80. The smallest absolute Gasteiger partial charge is 0.320 e. The molecule has 7 heteroatoms. The normalized spacial score (nSPS) is 16.1. The van der Waals surface area contributed by atoms with E-state index in [9.17, 15) is 4.79 Å². The summed E-state index contributed by atoms with van der Waals surface area (Å²) in [5.41, 5.74) is 0. The van der Waals surface area contributed by atoms with Crippen LogP contribution in [0.2, 0.25) is 0 Å². The number of urea groups is 1. The number of carbonyl (C=O) groups excluding carboxylic acids is 1. The van der Waals surface area contributed by atoms with Gasteiger partial charge in [0.25, 0.3) is 0 Å². The van der Waals surface area contributed by atoms with E-state index >= 15 is 0 Å². The lowest BCUT2D eigenvalue weighted by molar-refractivity contribution is 0.247. The molecule has 2 rings (SSSR count). The molecule has 1 saturated heterocycles. The first kappa shape index (κ1) is 12.9. The summed E-state index contributed by atoms with van der Waals surface area (Å²) in [5, 5.41) is 5.62. The number of carbonyl (C=O) groups is 1. The van der Waals surface area contributed by atoms with E-state index in [4.69, 9.17) is 4.74 Å². The SMILES string of the molecule is COc1nccc(NC(=O)NC2CCSCC2)n1. The number of anilines is 1. The Labute approximate surface area is 110 Å². The average Bonchev–Trinajstić information content (AvgIpc) is 2.40. The van der Waals surface area contributed by atoms with E-state index in [-0.39, 0.29) is 18.1 Å². The van der Waals surface area contributed by atoms with Gasteiger partial charge in [0, 0.05) is 12.2 Å². The molecule has 0 atom stereocenters. The average molecular weight is 268 g/mol. The molecule has 2 amide bonds. The molecule has 0 bridgehead atoms. The Balaban J connectivity index is 1.85. The van der Waals surface area contributed by atoms with Crippen molar-refractivity contribution in [2.45, 2.75) is 18.9 Å². The van der Waals surface area contributed by atoms with Crippen LogP contribution in [-0.2, 0) is 0 Å². The van der Waals surface area contributed by atoms with Gasteiger partial charge < -0.3 is 10.1 Å². The standard InChI is InChI=1S/C11H16N4O2S/c1-17-11-12-5-2-9(15-11)14-10(16)13-8-3-6-18-7-4-8/h2,5,8H,3-4,6-7H2,1H3,(H2,12,13,14,15,16). The number of ether oxygens (including phenoxy) is 1. The zero-order chi connectivity index (χ0) is 12.8. The van der Waals surface area contributed by atoms with Crippen molar-refractivity contribution in [3.05, 3.63) is 12.3 Å². The Bertz CT molecular complexity index is 410. The number of nitrogens with one attached hydrogen (secondary N) is 2. The van der Waals surface area contributed by atoms with Crippen molar-refractivity contribution in [2.24, 2.45) is 0 Å². The number of thioether (sulfide) groups is 1. The van der Waals surface area contributed by atoms with Crippen LogP contribution >= 0.6 is 11.8 Å². The second-order valence-corrected chi connectivity index (χ2v) is 5.14. The summed E-state index contributed by atoms with van der Waals surface area (Å²) in [7, 11) is 1.48. The minimum atomic E-state index is -0.229. The van der Waals surface area contributed by atoms with E-state index in [1.165, 1.54) is 7.11 Å². The highest BCUT2D eigenvalue weighted by molar-refractivity contribution is 7.99. The van der Waals surface area contributed by atoms with Gasteiger partial charge in [0.1, 0.15) is 5.82 Å². The van der Waals surface area contributed by atoms with Crippen LogP contribution in [0, 0.1) is 0 Å². The Kier molecular flexibility index (Phi) is 4.63. The first-order valence-corrected chi connectivity index (χ1v) is 6.95. The van der Waals surface area contributed by atoms with Crippen molar-refractivity contribution in [3.8, 4) is 6.01 Å². The van der Waals surface area contributed by atoms with Crippen molar-refractivity contribution in [1.29, 1.82) is 0 Å². The first-order chi connectivity index (χ1) is 8.78. The van der Waals surface area contributed by atoms with Gasteiger partial charge in [-0.15, -0.1) is 0 Å². The van der Waals surface area contributed by atoms with E-state index in [1.54, 1.807) is 12.3 Å². The molecule has 18 heavy (non-hydrogen) atoms. The molecule has 0 spiro atoms. The van der Waals surface area contributed by atoms with Crippen LogP contribution < -0.4 is 15.4 Å². The maximum Gasteiger partial charge on any atom is 0.320 e. The molecule has 2 N–H and O–H groups in total. The molecule has 1 aliphatic rings. The van der Waals surface area contributed by atoms with Crippen molar-refractivity contribution < 1.29 is 9.53 Å². The van der Waals surface area contributed by atoms with Crippen LogP contribution in [0.1, 0.15) is 12.8 Å². The lowest BCUT2D eigenvalue weighted by Crippen LogP contribution is -2.40. The highest BCUT2D eigenvalue weighted by Gasteiger charge is 2.16. The fourth-order valence-corrected chi connectivity index (χ4v) is 2.79. The number of hydrogen-bond donors (Lipinski definition) is 2. The number of rotatable bonds is 3. The quantitative estimate of drug-likeness (QED) is 0.869. The number of aromatic nitrogens is 2. The third-order valence-corrected chi connectivity index (χ3v) is 3.66. The molecule has 98 valence electrons. The van der Waals surface area contributed by atoms with Gasteiger partial charge in [-0.05, 0) is 30.4 Å². The molecule has 0 aliphatic carbocycles. The largest absolute Gasteiger partial charge is 0.467 e. The molecule has 1 fully saturated rings. The van der Waals surface area contributed by atoms with Crippen LogP contribution in [0.15, 0.2) is 12.3 Å². The summed E-state index contributed by atoms with van der Waals surface area (Å²) in [6, 6.07) is 1.89. The summed E-state index contributed by atoms with van der Waals surface area (Å²) in [4.78, 5) is 19.6. The van der Waals surface area contributed by atoms with Crippen LogP contribution in [0.3, 0.4) is 0 Å². The Morgan fingerprint density at radius 2 is 2.28 bits per heavy atom. The Hall–Kier alpha value is -1.50. The second kappa shape index (κ2) is 6.44. The molecule has 0 radical (unpaired) electrons. The molecule has 0 aromatic carbocycles. The highest BCUT2D eigenvalue weighted by Crippen LogP contribution is 2.17. The summed E-state index contributed by atoms with van der Waals surface area (Å²) in [5.74, 6) is 2.64. The number of methoxy groups -OCH3 is 1. The summed E-state index contributed by atoms with van der Waals surface area (Å²) >= 11 is 1.93. The third-order valence-electron chi connectivity index (χ3n) is 2.61. The van der Waals surface area contributed by atoms with E-state index in [2.05, 4.69) is 20.6 Å². The van der Waals surface area contributed by atoms with Crippen LogP contribution in [0.5, 0.6) is 6.01 Å². The highest BCUT2D eigenvalue weighted by atomic mass is 32.2. The van der Waals surface area contributed by atoms with E-state index < -0.39 is 0 Å². The fraction of sp³-hybridized carbons (Fsp3) is 0.545. The van der Waals surface area contributed by atoms with Gasteiger partial charge in [0.2, 0.25) is 0 Å². The summed E-state index contributed by atoms with van der Waals surface area (Å²) < 4.78 is 4.89. The summed E-state index contributed by atoms with van der Waals surface area (Å²) in [6.07, 6.45) is 3.58. The monoisotopic (exact) mass is 268 g/mol. The minimum Gasteiger partial charge on any atom is -0.467 e. The van der Waals surface area contributed by atoms with Gasteiger partial charge in [-0.1, -0.05) is 0 Å². The van der Waals surface area contributed by atoms with Crippen molar-refractivity contribution >= 4 is 23.6 Å². The Morgan fingerprint density at radius 3 is 3.00 bits per heavy atom. The van der Waals surface area contributed by atoms with Gasteiger partial charge >= 0.3 is 12.0 Å². The molecule has 6 nitrogen and oxygen atoms in total. The van der Waals surface area contributed by atoms with Gasteiger partial charge in [0.15, 0.2) is 0 Å². The van der Waals surface area contributed by atoms with Crippen LogP contribution in [0.25, 0.3) is 0 Å². The van der Waals surface area contributed by atoms with Crippen molar-refractivity contribution in [2.75, 3.05) is 23.9 Å². The molecule has 1 aliphatic heterocycles. The van der Waals surface area contributed by atoms with Gasteiger partial charge in [0.05, 0.1) is 7.11 Å². The minimum absolute atomic E-state index is 0.229. The van der Waals surface area contributed by atoms with Crippen molar-refractivity contribution in [3.63, 3.8) is 0 Å². The van der Waals surface area contributed by atoms with Gasteiger partial charge in [-0.2, -0.15) is 16.7 Å². The molecule has 1 aromatic heterocycles. The summed E-state index contributed by atoms with van der Waals surface area (Å²) in [6.45, 7) is 0. The topological polar surface area (TPSA) is 76.1 Å². The zero-order valence-electron chi connectivity index (χ0n) is 10.2. The molecule has 1 aromatic rings. The second-order valence-electron chi connectivity index (χ2n) is 3.91. The lowest BCUT2D eigenvalue weighted by atomic mass is 10.2. The predicted octanol–water partition coefficient (Wildman–Crippen LogP) is 1.50. The predicted molar refractivity (Wildman–Crippen MR) is 71.1 cm³/mol. The Morgan fingerprint density at radius 1 is 1.50 bits per heavy atom. The van der Waals surface area contributed by atoms with E-state index in [0.29, 0.717) is 5.82 Å². The number of amides is 2. The molecular formula is C11H16N4O2S. The van der Waals surface area contributed by atoms with Gasteiger partial charge in [-0.25, -0.2) is 9.78 Å². The van der Waals surface area contributed by atoms with Crippen molar-refractivity contribution in [1.82, 2.24) is 15.3 Å². The lowest BCUT2D eigenvalue weighted by Gasteiger charge is -2.22. The van der Waals surface area contributed by atoms with Gasteiger partial charge in [-0.3, -0.25) is 5.32 Å². The molecule has 0 unspecified atom stereocenters. The third kappa shape index (κ3) is 3.76. The number of hydrogen-bond acceptors (Lipinski definition) is 5. The molecule has 0 saturated carbocycles. The van der Waals surface area contributed by atoms with E-state index in [1.807, 2.05) is 11.8 Å². The molecular weight excluding hydrogens is 252 g/mol. The maximum atomic E-state index is 11.8. The van der Waals surface area contributed by atoms with Crippen LogP contribution in [0.4, 0.5) is 10.6 Å². The zero-order valence-corrected chi connectivity index (χ0v) is 11.0. The fourth-order valence-electron chi connectivity index (χ4n) is 1.69. The molecule has 2 heterocycles. The number of nitrogens with zero attached hydrogens (tertiary/aromatic N) is 2. The van der Waals surface area contributed by atoms with Crippen LogP contribution in [-0.4, -0.2) is 40.7 Å². The maximum absolute atomic E-state index is 11.8.